The number of benzene rings is 2. The molecule has 1 N–H and O–H groups in total. The van der Waals surface area contributed by atoms with Crippen LogP contribution < -0.4 is 0 Å². The Morgan fingerprint density at radius 3 is 2.34 bits per heavy atom. The highest BCUT2D eigenvalue weighted by molar-refractivity contribution is 5.88. The zero-order valence-corrected chi connectivity index (χ0v) is 16.4. The van der Waals surface area contributed by atoms with Crippen LogP contribution in [0.15, 0.2) is 54.6 Å². The van der Waals surface area contributed by atoms with E-state index in [1.165, 1.54) is 0 Å². The fraction of sp³-hybridized carbons (Fsp3) is 0.417. The van der Waals surface area contributed by atoms with E-state index in [1.807, 2.05) is 18.2 Å². The zero-order valence-electron chi connectivity index (χ0n) is 16.4. The number of hydrogen-bond donors (Lipinski definition) is 1. The van der Waals surface area contributed by atoms with E-state index in [-0.39, 0.29) is 43.0 Å². The number of fused-ring (bicyclic) bond motifs is 1. The average molecular weight is 390 g/mol. The van der Waals surface area contributed by atoms with Crippen molar-refractivity contribution in [1.29, 1.82) is 0 Å². The molecule has 2 heterocycles. The normalized spacial score (nSPS) is 26.1. The Morgan fingerprint density at radius 1 is 1.00 bits per heavy atom. The molecular weight excluding hydrogens is 364 g/mol. The number of carbonyl (C=O) groups excluding carboxylic acids is 2. The van der Waals surface area contributed by atoms with Crippen LogP contribution in [0.5, 0.6) is 0 Å². The van der Waals surface area contributed by atoms with E-state index in [2.05, 4.69) is 36.4 Å². The Morgan fingerprint density at radius 2 is 1.69 bits per heavy atom. The zero-order chi connectivity index (χ0) is 20.0. The van der Waals surface area contributed by atoms with Gasteiger partial charge in [0.15, 0.2) is 0 Å². The predicted octanol–water partition coefficient (Wildman–Crippen LogP) is 2.65. The quantitative estimate of drug-likeness (QED) is 0.854. The van der Waals surface area contributed by atoms with Gasteiger partial charge in [-0.25, -0.2) is 0 Å². The van der Waals surface area contributed by atoms with Crippen molar-refractivity contribution < 1.29 is 14.7 Å². The van der Waals surface area contributed by atoms with Crippen LogP contribution in [0.2, 0.25) is 0 Å². The third kappa shape index (κ3) is 3.33. The summed E-state index contributed by atoms with van der Waals surface area (Å²) in [5, 5.41) is 9.93. The predicted molar refractivity (Wildman–Crippen MR) is 110 cm³/mol. The van der Waals surface area contributed by atoms with Gasteiger partial charge in [0.05, 0.1) is 25.2 Å². The van der Waals surface area contributed by atoms with Crippen LogP contribution in [0.25, 0.3) is 11.1 Å². The molecule has 0 aromatic heterocycles. The molecule has 2 aliphatic heterocycles. The van der Waals surface area contributed by atoms with Gasteiger partial charge in [0.1, 0.15) is 0 Å². The molecule has 29 heavy (non-hydrogen) atoms. The number of piperazine rings is 1. The van der Waals surface area contributed by atoms with Crippen LogP contribution in [0.4, 0.5) is 0 Å². The smallest absolute Gasteiger partial charge is 0.242 e. The van der Waals surface area contributed by atoms with Gasteiger partial charge in [-0.15, -0.1) is 0 Å². The summed E-state index contributed by atoms with van der Waals surface area (Å²) < 4.78 is 0. The Balaban J connectivity index is 1.36. The lowest BCUT2D eigenvalue weighted by molar-refractivity contribution is -0.167. The Hall–Kier alpha value is -2.66. The molecule has 0 spiro atoms. The molecular formula is C24H26N2O3. The summed E-state index contributed by atoms with van der Waals surface area (Å²) in [5.74, 6) is 0.640. The second kappa shape index (κ2) is 7.30. The van der Waals surface area contributed by atoms with Gasteiger partial charge in [0.25, 0.3) is 0 Å². The molecule has 2 aromatic carbocycles. The van der Waals surface area contributed by atoms with Crippen molar-refractivity contribution in [2.45, 2.75) is 37.3 Å². The molecule has 2 saturated heterocycles. The Bertz CT molecular complexity index is 907. The van der Waals surface area contributed by atoms with Crippen molar-refractivity contribution >= 4 is 11.8 Å². The van der Waals surface area contributed by atoms with Gasteiger partial charge in [-0.2, -0.15) is 0 Å². The minimum atomic E-state index is -0.198. The summed E-state index contributed by atoms with van der Waals surface area (Å²) >= 11 is 0. The maximum Gasteiger partial charge on any atom is 0.242 e. The first kappa shape index (κ1) is 18.4. The standard InChI is InChI=1S/C24H26N2O3/c27-15-21-24(19-10-8-18(9-11-19)17-4-2-1-3-5-17)20-13-25(14-23(29)26(20)21)22(28)12-16-6-7-16/h1-5,8-11,16,20-21,24,27H,6-7,12-15H2/t20-,21+,24+/m1/s1. The van der Waals surface area contributed by atoms with Crippen molar-refractivity contribution in [3.63, 3.8) is 0 Å². The summed E-state index contributed by atoms with van der Waals surface area (Å²) in [6.07, 6.45) is 2.83. The van der Waals surface area contributed by atoms with Crippen LogP contribution in [0, 0.1) is 5.92 Å². The number of nitrogens with zero attached hydrogens (tertiary/aromatic N) is 2. The average Bonchev–Trinajstić information content (AvgIpc) is 3.54. The monoisotopic (exact) mass is 390 g/mol. The lowest BCUT2D eigenvalue weighted by Gasteiger charge is -2.58. The molecule has 5 rings (SSSR count). The molecule has 2 amide bonds. The summed E-state index contributed by atoms with van der Waals surface area (Å²) in [6.45, 7) is 0.667. The van der Waals surface area contributed by atoms with Gasteiger partial charge < -0.3 is 14.9 Å². The highest BCUT2D eigenvalue weighted by Crippen LogP contribution is 2.43. The first-order valence-electron chi connectivity index (χ1n) is 10.5. The number of aliphatic hydroxyl groups excluding tert-OH is 1. The van der Waals surface area contributed by atoms with E-state index in [4.69, 9.17) is 0 Å². The minimum Gasteiger partial charge on any atom is -0.394 e. The summed E-state index contributed by atoms with van der Waals surface area (Å²) in [5.41, 5.74) is 3.43. The van der Waals surface area contributed by atoms with E-state index in [9.17, 15) is 14.7 Å². The largest absolute Gasteiger partial charge is 0.394 e. The summed E-state index contributed by atoms with van der Waals surface area (Å²) in [4.78, 5) is 28.8. The fourth-order valence-corrected chi connectivity index (χ4v) is 4.92. The van der Waals surface area contributed by atoms with Gasteiger partial charge in [-0.05, 0) is 35.4 Å². The lowest BCUT2D eigenvalue weighted by atomic mass is 9.73. The highest BCUT2D eigenvalue weighted by Gasteiger charge is 2.54. The van der Waals surface area contributed by atoms with Crippen molar-refractivity contribution in [3.05, 3.63) is 60.2 Å². The molecule has 5 nitrogen and oxygen atoms in total. The maximum absolute atomic E-state index is 12.7. The molecule has 3 fully saturated rings. The van der Waals surface area contributed by atoms with Gasteiger partial charge in [0.2, 0.25) is 11.8 Å². The molecule has 5 heteroatoms. The van der Waals surface area contributed by atoms with Crippen LogP contribution >= 0.6 is 0 Å². The van der Waals surface area contributed by atoms with Gasteiger partial charge in [-0.1, -0.05) is 54.6 Å². The molecule has 3 aliphatic rings. The lowest BCUT2D eigenvalue weighted by Crippen LogP contribution is -2.73. The third-order valence-corrected chi connectivity index (χ3v) is 6.67. The number of hydrogen-bond acceptors (Lipinski definition) is 3. The minimum absolute atomic E-state index is 0.0402. The first-order chi connectivity index (χ1) is 14.2. The number of aliphatic hydroxyl groups is 1. The van der Waals surface area contributed by atoms with Gasteiger partial charge in [0, 0.05) is 18.9 Å². The van der Waals surface area contributed by atoms with Crippen LogP contribution in [-0.2, 0) is 9.59 Å². The highest BCUT2D eigenvalue weighted by atomic mass is 16.3. The van der Waals surface area contributed by atoms with Crippen LogP contribution in [-0.4, -0.2) is 58.5 Å². The SMILES string of the molecule is O=C(CC1CC1)N1CC(=O)N2[C@H](C1)[C@H](c1ccc(-c3ccccc3)cc1)[C@@H]2CO. The molecule has 1 saturated carbocycles. The Labute approximate surface area is 170 Å². The summed E-state index contributed by atoms with van der Waals surface area (Å²) in [6, 6.07) is 18.4. The maximum atomic E-state index is 12.7. The Kier molecular flexibility index (Phi) is 4.63. The molecule has 0 bridgehead atoms. The third-order valence-electron chi connectivity index (χ3n) is 6.67. The molecule has 0 unspecified atom stereocenters. The van der Waals surface area contributed by atoms with E-state index >= 15 is 0 Å². The number of rotatable bonds is 5. The second-order valence-electron chi connectivity index (χ2n) is 8.55. The van der Waals surface area contributed by atoms with E-state index in [0.717, 1.165) is 29.5 Å². The molecule has 0 radical (unpaired) electrons. The topological polar surface area (TPSA) is 60.9 Å². The van der Waals surface area contributed by atoms with Gasteiger partial charge >= 0.3 is 0 Å². The molecule has 150 valence electrons. The van der Waals surface area contributed by atoms with Crippen LogP contribution in [0.1, 0.15) is 30.7 Å². The van der Waals surface area contributed by atoms with E-state index in [1.54, 1.807) is 9.80 Å². The van der Waals surface area contributed by atoms with Crippen molar-refractivity contribution in [2.75, 3.05) is 19.7 Å². The second-order valence-corrected chi connectivity index (χ2v) is 8.55. The van der Waals surface area contributed by atoms with Crippen molar-refractivity contribution in [3.8, 4) is 11.1 Å². The van der Waals surface area contributed by atoms with Crippen molar-refractivity contribution in [2.24, 2.45) is 5.92 Å². The van der Waals surface area contributed by atoms with E-state index < -0.39 is 0 Å². The molecule has 1 aliphatic carbocycles. The number of carbonyl (C=O) groups is 2. The van der Waals surface area contributed by atoms with Gasteiger partial charge in [-0.3, -0.25) is 9.59 Å². The summed E-state index contributed by atoms with van der Waals surface area (Å²) in [7, 11) is 0. The first-order valence-corrected chi connectivity index (χ1v) is 10.5. The molecule has 3 atom stereocenters. The fourth-order valence-electron chi connectivity index (χ4n) is 4.92. The van der Waals surface area contributed by atoms with Crippen LogP contribution in [0.3, 0.4) is 0 Å². The molecule has 2 aromatic rings. The number of amides is 2. The van der Waals surface area contributed by atoms with Crippen molar-refractivity contribution in [1.82, 2.24) is 9.80 Å². The van der Waals surface area contributed by atoms with E-state index in [0.29, 0.717) is 18.9 Å².